The predicted octanol–water partition coefficient (Wildman–Crippen LogP) is 4.82. The maximum atomic E-state index is 6.19. The molecule has 0 amide bonds. The first-order valence-electron chi connectivity index (χ1n) is 6.99. The van der Waals surface area contributed by atoms with E-state index in [1.165, 1.54) is 0 Å². The average molecular weight is 339 g/mol. The normalized spacial score (nSPS) is 16.5. The van der Waals surface area contributed by atoms with Gasteiger partial charge in [0.25, 0.3) is 0 Å². The molecule has 1 aromatic heterocycles. The number of ether oxygens (including phenoxy) is 2. The molecule has 0 aliphatic heterocycles. The first kappa shape index (κ1) is 15.3. The minimum atomic E-state index is 0.376. The van der Waals surface area contributed by atoms with E-state index in [2.05, 4.69) is 11.9 Å². The van der Waals surface area contributed by atoms with Crippen molar-refractivity contribution in [3.05, 3.63) is 39.5 Å². The molecule has 1 aliphatic carbocycles. The molecule has 1 heterocycles. The number of halogens is 2. The van der Waals surface area contributed by atoms with E-state index in [1.807, 2.05) is 0 Å². The van der Waals surface area contributed by atoms with Gasteiger partial charge in [-0.15, -0.1) is 0 Å². The molecule has 0 radical (unpaired) electrons. The lowest BCUT2D eigenvalue weighted by atomic mass is 10.1. The fourth-order valence-electron chi connectivity index (χ4n) is 2.84. The van der Waals surface area contributed by atoms with Crippen LogP contribution < -0.4 is 15.2 Å². The van der Waals surface area contributed by atoms with E-state index in [-0.39, 0.29) is 0 Å². The fraction of sp³-hybridized carbons (Fsp3) is 0.312. The van der Waals surface area contributed by atoms with Gasteiger partial charge in [0.1, 0.15) is 5.75 Å². The highest BCUT2D eigenvalue weighted by molar-refractivity contribution is 6.37. The van der Waals surface area contributed by atoms with Crippen LogP contribution in [-0.4, -0.2) is 12.1 Å². The van der Waals surface area contributed by atoms with E-state index in [0.29, 0.717) is 39.0 Å². The van der Waals surface area contributed by atoms with Crippen molar-refractivity contribution >= 4 is 28.9 Å². The third kappa shape index (κ3) is 2.57. The van der Waals surface area contributed by atoms with Crippen LogP contribution in [0.3, 0.4) is 0 Å². The standard InChI is InChI=1S/C16H16Cl2N2O2/c1-8-3-4-10-13(7-20-16(21-2)14(8)10)22-15-11(17)5-9(19)6-12(15)18/h5-8H,3-4,19H2,1-2H3. The smallest absolute Gasteiger partial charge is 0.217 e. The zero-order valence-corrected chi connectivity index (χ0v) is 13.8. The number of methoxy groups -OCH3 is 1. The van der Waals surface area contributed by atoms with Crippen LogP contribution in [0.15, 0.2) is 18.3 Å². The number of hydrogen-bond donors (Lipinski definition) is 1. The van der Waals surface area contributed by atoms with Gasteiger partial charge in [-0.2, -0.15) is 0 Å². The van der Waals surface area contributed by atoms with Crippen molar-refractivity contribution in [1.29, 1.82) is 0 Å². The third-order valence-corrected chi connectivity index (χ3v) is 4.46. The minimum Gasteiger partial charge on any atom is -0.481 e. The van der Waals surface area contributed by atoms with Crippen molar-refractivity contribution in [3.63, 3.8) is 0 Å². The summed E-state index contributed by atoms with van der Waals surface area (Å²) in [5, 5.41) is 0.751. The number of aromatic nitrogens is 1. The summed E-state index contributed by atoms with van der Waals surface area (Å²) in [7, 11) is 1.63. The van der Waals surface area contributed by atoms with E-state index in [9.17, 15) is 0 Å². The molecular weight excluding hydrogens is 323 g/mol. The van der Waals surface area contributed by atoms with Crippen molar-refractivity contribution < 1.29 is 9.47 Å². The molecule has 2 aromatic rings. The second-order valence-electron chi connectivity index (χ2n) is 5.38. The van der Waals surface area contributed by atoms with E-state index < -0.39 is 0 Å². The van der Waals surface area contributed by atoms with E-state index in [4.69, 9.17) is 38.4 Å². The number of rotatable bonds is 3. The third-order valence-electron chi connectivity index (χ3n) is 3.90. The van der Waals surface area contributed by atoms with Gasteiger partial charge in [-0.3, -0.25) is 0 Å². The van der Waals surface area contributed by atoms with Crippen molar-refractivity contribution in [3.8, 4) is 17.4 Å². The summed E-state index contributed by atoms with van der Waals surface area (Å²) in [5.41, 5.74) is 8.41. The van der Waals surface area contributed by atoms with Gasteiger partial charge in [-0.05, 0) is 30.9 Å². The molecule has 0 spiro atoms. The zero-order valence-electron chi connectivity index (χ0n) is 12.3. The summed E-state index contributed by atoms with van der Waals surface area (Å²) < 4.78 is 11.3. The number of benzene rings is 1. The second-order valence-corrected chi connectivity index (χ2v) is 6.19. The van der Waals surface area contributed by atoms with Crippen molar-refractivity contribution in [2.24, 2.45) is 0 Å². The van der Waals surface area contributed by atoms with Gasteiger partial charge >= 0.3 is 0 Å². The molecule has 4 nitrogen and oxygen atoms in total. The molecule has 3 rings (SSSR count). The van der Waals surface area contributed by atoms with Crippen LogP contribution in [0.4, 0.5) is 5.69 Å². The average Bonchev–Trinajstić information content (AvgIpc) is 2.85. The zero-order chi connectivity index (χ0) is 15.9. The molecule has 1 unspecified atom stereocenters. The summed E-state index contributed by atoms with van der Waals surface area (Å²) in [6.07, 6.45) is 3.60. The predicted molar refractivity (Wildman–Crippen MR) is 88.5 cm³/mol. The lowest BCUT2D eigenvalue weighted by Crippen LogP contribution is -2.00. The fourth-order valence-corrected chi connectivity index (χ4v) is 3.42. The Morgan fingerprint density at radius 2 is 1.95 bits per heavy atom. The maximum absolute atomic E-state index is 6.19. The van der Waals surface area contributed by atoms with Crippen molar-refractivity contribution in [2.75, 3.05) is 12.8 Å². The summed E-state index contributed by atoms with van der Waals surface area (Å²) in [4.78, 5) is 4.33. The molecule has 2 N–H and O–H groups in total. The van der Waals surface area contributed by atoms with Crippen LogP contribution in [0.1, 0.15) is 30.4 Å². The summed E-state index contributed by atoms with van der Waals surface area (Å²) >= 11 is 12.4. The van der Waals surface area contributed by atoms with Crippen LogP contribution in [0.25, 0.3) is 0 Å². The Kier molecular flexibility index (Phi) is 4.06. The van der Waals surface area contributed by atoms with Crippen LogP contribution in [0, 0.1) is 0 Å². The van der Waals surface area contributed by atoms with Crippen LogP contribution in [0.5, 0.6) is 17.4 Å². The Labute approximate surface area is 139 Å². The quantitative estimate of drug-likeness (QED) is 0.815. The van der Waals surface area contributed by atoms with Gasteiger partial charge in [-0.25, -0.2) is 4.98 Å². The largest absolute Gasteiger partial charge is 0.481 e. The van der Waals surface area contributed by atoms with Crippen LogP contribution in [0.2, 0.25) is 10.0 Å². The Morgan fingerprint density at radius 1 is 1.27 bits per heavy atom. The second kappa shape index (κ2) is 5.86. The Bertz CT molecular complexity index is 711. The Morgan fingerprint density at radius 3 is 2.59 bits per heavy atom. The van der Waals surface area contributed by atoms with Crippen LogP contribution in [-0.2, 0) is 6.42 Å². The van der Waals surface area contributed by atoms with Gasteiger partial charge in [0, 0.05) is 16.8 Å². The van der Waals surface area contributed by atoms with E-state index in [1.54, 1.807) is 25.4 Å². The summed E-state index contributed by atoms with van der Waals surface area (Å²) in [5.74, 6) is 2.10. The monoisotopic (exact) mass is 338 g/mol. The number of anilines is 1. The number of nitrogens with zero attached hydrogens (tertiary/aromatic N) is 1. The topological polar surface area (TPSA) is 57.4 Å². The molecule has 1 atom stereocenters. The molecular formula is C16H16Cl2N2O2. The summed E-state index contributed by atoms with van der Waals surface area (Å²) in [6.45, 7) is 2.16. The van der Waals surface area contributed by atoms with Crippen molar-refractivity contribution in [1.82, 2.24) is 4.98 Å². The van der Waals surface area contributed by atoms with Crippen molar-refractivity contribution in [2.45, 2.75) is 25.7 Å². The molecule has 1 aliphatic rings. The molecule has 0 fully saturated rings. The minimum absolute atomic E-state index is 0.376. The number of fused-ring (bicyclic) bond motifs is 1. The molecule has 116 valence electrons. The molecule has 22 heavy (non-hydrogen) atoms. The molecule has 6 heteroatoms. The molecule has 1 aromatic carbocycles. The SMILES string of the molecule is COc1ncc(Oc2c(Cl)cc(N)cc2Cl)c2c1C(C)CC2. The molecule has 0 bridgehead atoms. The maximum Gasteiger partial charge on any atom is 0.217 e. The number of pyridine rings is 1. The van der Waals surface area contributed by atoms with Gasteiger partial charge in [-0.1, -0.05) is 30.1 Å². The van der Waals surface area contributed by atoms with Gasteiger partial charge < -0.3 is 15.2 Å². The number of nitrogen functional groups attached to an aromatic ring is 1. The van der Waals surface area contributed by atoms with E-state index in [0.717, 1.165) is 24.0 Å². The molecule has 0 saturated heterocycles. The molecule has 0 saturated carbocycles. The van der Waals surface area contributed by atoms with E-state index >= 15 is 0 Å². The highest BCUT2D eigenvalue weighted by Gasteiger charge is 2.28. The van der Waals surface area contributed by atoms with Gasteiger partial charge in [0.2, 0.25) is 5.88 Å². The Hall–Kier alpha value is -1.65. The first-order chi connectivity index (χ1) is 10.5. The summed E-state index contributed by atoms with van der Waals surface area (Å²) in [6, 6.07) is 3.23. The number of nitrogens with two attached hydrogens (primary N) is 1. The lowest BCUT2D eigenvalue weighted by Gasteiger charge is -2.15. The van der Waals surface area contributed by atoms with Crippen LogP contribution >= 0.6 is 23.2 Å². The van der Waals surface area contributed by atoms with Gasteiger partial charge in [0.15, 0.2) is 5.75 Å². The highest BCUT2D eigenvalue weighted by atomic mass is 35.5. The Balaban J connectivity index is 2.05. The number of hydrogen-bond acceptors (Lipinski definition) is 4. The lowest BCUT2D eigenvalue weighted by molar-refractivity contribution is 0.387. The first-order valence-corrected chi connectivity index (χ1v) is 7.75. The highest BCUT2D eigenvalue weighted by Crippen LogP contribution is 2.45. The van der Waals surface area contributed by atoms with Gasteiger partial charge in [0.05, 0.1) is 23.4 Å².